The molecule has 0 aliphatic rings. The smallest absolute Gasteiger partial charge is 0.248 e. The number of amides is 2. The zero-order valence-electron chi connectivity index (χ0n) is 12.6. The van der Waals surface area contributed by atoms with Crippen LogP contribution in [0.15, 0.2) is 42.5 Å². The third kappa shape index (κ3) is 4.45. The van der Waals surface area contributed by atoms with Gasteiger partial charge in [0.05, 0.1) is 5.69 Å². The highest BCUT2D eigenvalue weighted by Crippen LogP contribution is 2.19. The van der Waals surface area contributed by atoms with Gasteiger partial charge < -0.3 is 10.6 Å². The zero-order valence-corrected chi connectivity index (χ0v) is 12.6. The number of halogens is 3. The lowest BCUT2D eigenvalue weighted by Crippen LogP contribution is -2.10. The second-order valence-corrected chi connectivity index (χ2v) is 4.85. The Hall–Kier alpha value is -3.09. The van der Waals surface area contributed by atoms with Crippen LogP contribution in [0.2, 0.25) is 0 Å². The third-order valence-corrected chi connectivity index (χ3v) is 2.95. The number of nitrogens with one attached hydrogen (secondary N) is 2. The number of hydrogen-bond donors (Lipinski definition) is 2. The summed E-state index contributed by atoms with van der Waals surface area (Å²) < 4.78 is 39.3. The molecular weight excluding hydrogens is 321 g/mol. The summed E-state index contributed by atoms with van der Waals surface area (Å²) in [4.78, 5) is 22.6. The lowest BCUT2D eigenvalue weighted by Gasteiger charge is -2.05. The van der Waals surface area contributed by atoms with Crippen LogP contribution in [0.1, 0.15) is 12.5 Å². The Bertz CT molecular complexity index is 802. The Labute approximate surface area is 136 Å². The first-order valence-corrected chi connectivity index (χ1v) is 6.87. The van der Waals surface area contributed by atoms with Crippen LogP contribution < -0.4 is 10.6 Å². The quantitative estimate of drug-likeness (QED) is 0.661. The van der Waals surface area contributed by atoms with Gasteiger partial charge in [0.2, 0.25) is 11.8 Å². The fraction of sp³-hybridized carbons (Fsp3) is 0.0588. The molecule has 0 bridgehead atoms. The van der Waals surface area contributed by atoms with E-state index in [4.69, 9.17) is 0 Å². The van der Waals surface area contributed by atoms with Crippen molar-refractivity contribution in [2.24, 2.45) is 0 Å². The molecule has 0 aliphatic carbocycles. The minimum absolute atomic E-state index is 0.203. The molecule has 2 amide bonds. The predicted molar refractivity (Wildman–Crippen MR) is 84.7 cm³/mol. The van der Waals surface area contributed by atoms with Gasteiger partial charge in [-0.25, -0.2) is 13.2 Å². The molecular formula is C17H13F3N2O2. The normalized spacial score (nSPS) is 10.7. The van der Waals surface area contributed by atoms with E-state index in [9.17, 15) is 22.8 Å². The second kappa shape index (κ2) is 7.45. The van der Waals surface area contributed by atoms with Crippen molar-refractivity contribution >= 4 is 29.3 Å². The minimum atomic E-state index is -1.65. The molecule has 24 heavy (non-hydrogen) atoms. The van der Waals surface area contributed by atoms with Gasteiger partial charge in [-0.2, -0.15) is 0 Å². The van der Waals surface area contributed by atoms with E-state index >= 15 is 0 Å². The molecule has 0 fully saturated rings. The molecule has 2 N–H and O–H groups in total. The molecule has 0 atom stereocenters. The molecule has 0 heterocycles. The number of benzene rings is 2. The summed E-state index contributed by atoms with van der Waals surface area (Å²) in [6.45, 7) is 1.38. The van der Waals surface area contributed by atoms with Crippen molar-refractivity contribution in [3.05, 3.63) is 65.5 Å². The molecule has 0 saturated carbocycles. The number of carbonyl (C=O) groups excluding carboxylic acids is 2. The summed E-state index contributed by atoms with van der Waals surface area (Å²) in [5.41, 5.74) is 0.808. The highest BCUT2D eigenvalue weighted by molar-refractivity contribution is 6.02. The van der Waals surface area contributed by atoms with E-state index in [0.29, 0.717) is 11.3 Å². The van der Waals surface area contributed by atoms with Crippen LogP contribution >= 0.6 is 0 Å². The number of rotatable bonds is 4. The van der Waals surface area contributed by atoms with Gasteiger partial charge in [-0.1, -0.05) is 12.1 Å². The fourth-order valence-corrected chi connectivity index (χ4v) is 1.85. The van der Waals surface area contributed by atoms with E-state index in [1.807, 2.05) is 0 Å². The molecule has 0 aromatic heterocycles. The van der Waals surface area contributed by atoms with E-state index < -0.39 is 29.0 Å². The third-order valence-electron chi connectivity index (χ3n) is 2.95. The van der Waals surface area contributed by atoms with Crippen LogP contribution in [0.3, 0.4) is 0 Å². The molecule has 0 aliphatic heterocycles. The van der Waals surface area contributed by atoms with Crippen molar-refractivity contribution in [1.82, 2.24) is 0 Å². The molecule has 2 aromatic rings. The van der Waals surface area contributed by atoms with Crippen LogP contribution in [-0.4, -0.2) is 11.8 Å². The average molecular weight is 334 g/mol. The maximum absolute atomic E-state index is 13.4. The van der Waals surface area contributed by atoms with Gasteiger partial charge in [-0.05, 0) is 35.9 Å². The van der Waals surface area contributed by atoms with Gasteiger partial charge in [0.15, 0.2) is 17.5 Å². The molecule has 0 spiro atoms. The Balaban J connectivity index is 2.03. The molecule has 2 rings (SSSR count). The molecule has 4 nitrogen and oxygen atoms in total. The number of carbonyl (C=O) groups is 2. The van der Waals surface area contributed by atoms with Crippen molar-refractivity contribution < 1.29 is 22.8 Å². The molecule has 0 unspecified atom stereocenters. The van der Waals surface area contributed by atoms with Crippen molar-refractivity contribution in [1.29, 1.82) is 0 Å². The van der Waals surface area contributed by atoms with Crippen LogP contribution in [-0.2, 0) is 9.59 Å². The lowest BCUT2D eigenvalue weighted by atomic mass is 10.2. The van der Waals surface area contributed by atoms with Crippen molar-refractivity contribution in [3.8, 4) is 0 Å². The first kappa shape index (κ1) is 17.3. The zero-order chi connectivity index (χ0) is 17.7. The summed E-state index contributed by atoms with van der Waals surface area (Å²) in [7, 11) is 0. The summed E-state index contributed by atoms with van der Waals surface area (Å²) >= 11 is 0. The van der Waals surface area contributed by atoms with Crippen molar-refractivity contribution in [2.45, 2.75) is 6.92 Å². The highest BCUT2D eigenvalue weighted by Gasteiger charge is 2.14. The summed E-state index contributed by atoms with van der Waals surface area (Å²) in [5.74, 6) is -5.35. The van der Waals surface area contributed by atoms with Crippen molar-refractivity contribution in [3.63, 3.8) is 0 Å². The maximum Gasteiger partial charge on any atom is 0.248 e. The van der Waals surface area contributed by atoms with E-state index in [-0.39, 0.29) is 5.91 Å². The predicted octanol–water partition coefficient (Wildman–Crippen LogP) is 3.71. The SMILES string of the molecule is CC(=O)Nc1ccc(/C=C/C(=O)Nc2ccc(F)c(F)c2F)cc1. The Morgan fingerprint density at radius 2 is 1.58 bits per heavy atom. The first-order chi connectivity index (χ1) is 11.4. The summed E-state index contributed by atoms with van der Waals surface area (Å²) in [6, 6.07) is 8.27. The monoisotopic (exact) mass is 334 g/mol. The van der Waals surface area contributed by atoms with E-state index in [1.54, 1.807) is 24.3 Å². The maximum atomic E-state index is 13.4. The number of anilines is 2. The summed E-state index contributed by atoms with van der Waals surface area (Å²) in [5, 5.41) is 4.72. The van der Waals surface area contributed by atoms with Crippen LogP contribution in [0, 0.1) is 17.5 Å². The van der Waals surface area contributed by atoms with Crippen LogP contribution in [0.5, 0.6) is 0 Å². The molecule has 124 valence electrons. The summed E-state index contributed by atoms with van der Waals surface area (Å²) in [6.07, 6.45) is 2.57. The topological polar surface area (TPSA) is 58.2 Å². The van der Waals surface area contributed by atoms with Gasteiger partial charge in [-0.15, -0.1) is 0 Å². The van der Waals surface area contributed by atoms with Gasteiger partial charge >= 0.3 is 0 Å². The van der Waals surface area contributed by atoms with Crippen LogP contribution in [0.25, 0.3) is 6.08 Å². The number of hydrogen-bond acceptors (Lipinski definition) is 2. The first-order valence-electron chi connectivity index (χ1n) is 6.87. The van der Waals surface area contributed by atoms with Crippen LogP contribution in [0.4, 0.5) is 24.5 Å². The van der Waals surface area contributed by atoms with Gasteiger partial charge in [0.25, 0.3) is 0 Å². The molecule has 0 saturated heterocycles. The standard InChI is InChI=1S/C17H13F3N2O2/c1-10(23)21-12-5-2-11(3-6-12)4-9-15(24)22-14-8-7-13(18)16(19)17(14)20/h2-9H,1H3,(H,21,23)(H,22,24)/b9-4+. The lowest BCUT2D eigenvalue weighted by molar-refractivity contribution is -0.114. The molecule has 7 heteroatoms. The van der Waals surface area contributed by atoms with E-state index in [0.717, 1.165) is 18.2 Å². The van der Waals surface area contributed by atoms with E-state index in [2.05, 4.69) is 10.6 Å². The average Bonchev–Trinajstić information content (AvgIpc) is 2.54. The van der Waals surface area contributed by atoms with Gasteiger partial charge in [0, 0.05) is 18.7 Å². The molecule has 0 radical (unpaired) electrons. The molecule has 2 aromatic carbocycles. The van der Waals surface area contributed by atoms with Gasteiger partial charge in [-0.3, -0.25) is 9.59 Å². The highest BCUT2D eigenvalue weighted by atomic mass is 19.2. The largest absolute Gasteiger partial charge is 0.326 e. The Morgan fingerprint density at radius 1 is 0.917 bits per heavy atom. The van der Waals surface area contributed by atoms with Crippen molar-refractivity contribution in [2.75, 3.05) is 10.6 Å². The minimum Gasteiger partial charge on any atom is -0.326 e. The second-order valence-electron chi connectivity index (χ2n) is 4.85. The van der Waals surface area contributed by atoms with Gasteiger partial charge in [0.1, 0.15) is 0 Å². The fourth-order valence-electron chi connectivity index (χ4n) is 1.85. The van der Waals surface area contributed by atoms with E-state index in [1.165, 1.54) is 13.0 Å². The Morgan fingerprint density at radius 3 is 2.21 bits per heavy atom. The Kier molecular flexibility index (Phi) is 5.36.